The van der Waals surface area contributed by atoms with Crippen LogP contribution in [-0.4, -0.2) is 51.6 Å². The number of methoxy groups -OCH3 is 1. The molecule has 0 aliphatic carbocycles. The van der Waals surface area contributed by atoms with E-state index in [0.29, 0.717) is 22.8 Å². The molecular weight excluding hydrogens is 518 g/mol. The van der Waals surface area contributed by atoms with E-state index in [9.17, 15) is 18.0 Å². The zero-order valence-electron chi connectivity index (χ0n) is 20.7. The molecule has 0 unspecified atom stereocenters. The molecule has 0 heterocycles. The van der Waals surface area contributed by atoms with Gasteiger partial charge in [0.2, 0.25) is 0 Å². The van der Waals surface area contributed by atoms with Gasteiger partial charge in [0, 0.05) is 20.2 Å². The minimum Gasteiger partial charge on any atom is -0.459 e. The molecule has 1 amide bonds. The zero-order valence-corrected chi connectivity index (χ0v) is 22.3. The van der Waals surface area contributed by atoms with Crippen LogP contribution in [0.3, 0.4) is 0 Å². The molecule has 0 aromatic heterocycles. The summed E-state index contributed by atoms with van der Waals surface area (Å²) in [6.45, 7) is 4.08. The van der Waals surface area contributed by atoms with Crippen LogP contribution in [0.2, 0.25) is 5.02 Å². The Morgan fingerprint density at radius 2 is 1.62 bits per heavy atom. The lowest BCUT2D eigenvalue weighted by atomic mass is 10.1. The fraction of sp³-hybridized carbons (Fsp3) is 0.259. The average molecular weight is 546 g/mol. The number of hydrogen-bond acceptors (Lipinski definition) is 7. The Balaban J connectivity index is 1.85. The van der Waals surface area contributed by atoms with Crippen LogP contribution in [0.15, 0.2) is 77.7 Å². The van der Waals surface area contributed by atoms with Gasteiger partial charge in [0.15, 0.2) is 0 Å². The molecule has 0 spiro atoms. The maximum atomic E-state index is 13.2. The number of nitrogens with zero attached hydrogens (tertiary/aromatic N) is 1. The first-order valence-corrected chi connectivity index (χ1v) is 13.3. The summed E-state index contributed by atoms with van der Waals surface area (Å²) in [5.41, 5.74) is 0.847. The van der Waals surface area contributed by atoms with Gasteiger partial charge in [0.05, 0.1) is 28.9 Å². The molecule has 0 aliphatic heterocycles. The monoisotopic (exact) mass is 545 g/mol. The summed E-state index contributed by atoms with van der Waals surface area (Å²) in [6.07, 6.45) is -0.421. The van der Waals surface area contributed by atoms with Crippen molar-refractivity contribution in [2.75, 3.05) is 20.3 Å². The number of amides is 1. The first-order chi connectivity index (χ1) is 17.6. The van der Waals surface area contributed by atoms with Crippen LogP contribution < -0.4 is 4.18 Å². The molecule has 3 aromatic rings. The van der Waals surface area contributed by atoms with E-state index in [2.05, 4.69) is 0 Å². The fourth-order valence-electron chi connectivity index (χ4n) is 3.48. The van der Waals surface area contributed by atoms with Crippen LogP contribution in [0.25, 0.3) is 0 Å². The Bertz CT molecular complexity index is 1360. The van der Waals surface area contributed by atoms with Gasteiger partial charge in [-0.15, -0.1) is 0 Å². The van der Waals surface area contributed by atoms with Crippen LogP contribution in [0, 0.1) is 0 Å². The smallest absolute Gasteiger partial charge is 0.340 e. The third-order valence-corrected chi connectivity index (χ3v) is 6.79. The van der Waals surface area contributed by atoms with Crippen molar-refractivity contribution in [2.24, 2.45) is 0 Å². The number of benzene rings is 3. The summed E-state index contributed by atoms with van der Waals surface area (Å²) in [6, 6.07) is 18.8. The van der Waals surface area contributed by atoms with Crippen molar-refractivity contribution in [1.29, 1.82) is 0 Å². The van der Waals surface area contributed by atoms with Crippen LogP contribution in [0.4, 0.5) is 0 Å². The highest BCUT2D eigenvalue weighted by atomic mass is 35.5. The molecule has 196 valence electrons. The van der Waals surface area contributed by atoms with Gasteiger partial charge in [-0.25, -0.2) is 4.79 Å². The minimum absolute atomic E-state index is 0.0291. The first kappa shape index (κ1) is 28.2. The van der Waals surface area contributed by atoms with E-state index >= 15 is 0 Å². The second kappa shape index (κ2) is 12.7. The van der Waals surface area contributed by atoms with E-state index in [1.165, 1.54) is 37.4 Å². The molecule has 0 radical (unpaired) electrons. The van der Waals surface area contributed by atoms with Crippen molar-refractivity contribution in [3.63, 3.8) is 0 Å². The van der Waals surface area contributed by atoms with Gasteiger partial charge in [-0.1, -0.05) is 48.0 Å². The maximum Gasteiger partial charge on any atom is 0.340 e. The van der Waals surface area contributed by atoms with Gasteiger partial charge in [-0.2, -0.15) is 8.42 Å². The topological polar surface area (TPSA) is 99.2 Å². The lowest BCUT2D eigenvalue weighted by Crippen LogP contribution is -2.33. The van der Waals surface area contributed by atoms with Crippen LogP contribution in [0.1, 0.15) is 40.1 Å². The lowest BCUT2D eigenvalue weighted by molar-refractivity contribution is 0.0372. The molecule has 0 saturated carbocycles. The summed E-state index contributed by atoms with van der Waals surface area (Å²) in [4.78, 5) is 26.9. The highest BCUT2D eigenvalue weighted by Gasteiger charge is 2.26. The maximum absolute atomic E-state index is 13.2. The minimum atomic E-state index is -4.37. The number of esters is 1. The van der Waals surface area contributed by atoms with Crippen molar-refractivity contribution in [1.82, 2.24) is 4.90 Å². The van der Waals surface area contributed by atoms with E-state index < -0.39 is 22.2 Å². The van der Waals surface area contributed by atoms with Gasteiger partial charge in [0.1, 0.15) is 10.6 Å². The number of carbonyl (C=O) groups is 2. The third-order valence-electron chi connectivity index (χ3n) is 5.15. The Hall–Kier alpha value is -3.40. The molecule has 10 heteroatoms. The molecule has 3 rings (SSSR count). The summed E-state index contributed by atoms with van der Waals surface area (Å²) < 4.78 is 41.9. The van der Waals surface area contributed by atoms with E-state index in [-0.39, 0.29) is 35.2 Å². The second-order valence-electron chi connectivity index (χ2n) is 8.33. The predicted octanol–water partition coefficient (Wildman–Crippen LogP) is 4.96. The van der Waals surface area contributed by atoms with Crippen molar-refractivity contribution in [2.45, 2.75) is 31.4 Å². The number of hydrogen-bond donors (Lipinski definition) is 0. The normalized spacial score (nSPS) is 11.3. The van der Waals surface area contributed by atoms with Crippen molar-refractivity contribution < 1.29 is 31.7 Å². The van der Waals surface area contributed by atoms with Crippen LogP contribution in [-0.2, 0) is 26.1 Å². The summed E-state index contributed by atoms with van der Waals surface area (Å²) >= 11 is 6.22. The van der Waals surface area contributed by atoms with Gasteiger partial charge in [-0.3, -0.25) is 4.79 Å². The van der Waals surface area contributed by atoms with Gasteiger partial charge in [-0.05, 0) is 55.8 Å². The lowest BCUT2D eigenvalue weighted by Gasteiger charge is -2.23. The van der Waals surface area contributed by atoms with E-state index in [4.69, 9.17) is 25.3 Å². The number of rotatable bonds is 11. The standard InChI is InChI=1S/C27H28ClNO7S/c1-19(2)35-27(31)23-12-5-7-14-25(23)37(32,33)36-21-10-8-9-20(17-21)18-29(15-16-34-3)26(30)22-11-4-6-13-24(22)28/h4-14,17,19H,15-16,18H2,1-3H3. The molecule has 0 atom stereocenters. The molecule has 0 fully saturated rings. The molecule has 37 heavy (non-hydrogen) atoms. The molecule has 0 bridgehead atoms. The van der Waals surface area contributed by atoms with Crippen LogP contribution >= 0.6 is 11.6 Å². The number of carbonyl (C=O) groups excluding carboxylic acids is 2. The van der Waals surface area contributed by atoms with Crippen molar-refractivity contribution >= 4 is 33.6 Å². The number of halogens is 1. The fourth-order valence-corrected chi connectivity index (χ4v) is 4.81. The van der Waals surface area contributed by atoms with E-state index in [1.54, 1.807) is 61.2 Å². The largest absolute Gasteiger partial charge is 0.459 e. The molecule has 8 nitrogen and oxygen atoms in total. The van der Waals surface area contributed by atoms with Crippen molar-refractivity contribution in [3.8, 4) is 5.75 Å². The second-order valence-corrected chi connectivity index (χ2v) is 10.3. The zero-order chi connectivity index (χ0) is 27.0. The Morgan fingerprint density at radius 3 is 2.30 bits per heavy atom. The van der Waals surface area contributed by atoms with Crippen LogP contribution in [0.5, 0.6) is 5.75 Å². The summed E-state index contributed by atoms with van der Waals surface area (Å²) in [7, 11) is -2.83. The summed E-state index contributed by atoms with van der Waals surface area (Å²) in [5, 5.41) is 0.327. The Labute approximate surface area is 221 Å². The average Bonchev–Trinajstić information content (AvgIpc) is 2.86. The van der Waals surface area contributed by atoms with Gasteiger partial charge in [0.25, 0.3) is 5.91 Å². The van der Waals surface area contributed by atoms with Gasteiger partial charge < -0.3 is 18.6 Å². The molecule has 0 saturated heterocycles. The molecule has 0 aliphatic rings. The summed E-state index contributed by atoms with van der Waals surface area (Å²) in [5.74, 6) is -1.03. The SMILES string of the molecule is COCCN(Cc1cccc(OS(=O)(=O)c2ccccc2C(=O)OC(C)C)c1)C(=O)c1ccccc1Cl. The highest BCUT2D eigenvalue weighted by molar-refractivity contribution is 7.87. The van der Waals surface area contributed by atoms with E-state index in [1.807, 2.05) is 0 Å². The predicted molar refractivity (Wildman–Crippen MR) is 139 cm³/mol. The van der Waals surface area contributed by atoms with E-state index in [0.717, 1.165) is 0 Å². The number of ether oxygens (including phenoxy) is 2. The van der Waals surface area contributed by atoms with Crippen molar-refractivity contribution in [3.05, 3.63) is 94.5 Å². The Kier molecular flexibility index (Phi) is 9.68. The molecule has 3 aromatic carbocycles. The third kappa shape index (κ3) is 7.55. The van der Waals surface area contributed by atoms with Gasteiger partial charge >= 0.3 is 16.1 Å². The first-order valence-electron chi connectivity index (χ1n) is 11.5. The Morgan fingerprint density at radius 1 is 0.946 bits per heavy atom. The molecular formula is C27H28ClNO7S. The quantitative estimate of drug-likeness (QED) is 0.248. The molecule has 0 N–H and O–H groups in total. The highest BCUT2D eigenvalue weighted by Crippen LogP contribution is 2.25.